The molecule has 2 saturated heterocycles. The molecule has 1 N–H and O–H groups in total. The molecule has 0 spiro atoms. The Bertz CT molecular complexity index is 1580. The van der Waals surface area contributed by atoms with Crippen molar-refractivity contribution in [2.45, 2.75) is 69.9 Å². The number of imide groups is 1. The molecular formula is C31H33F2N5O3. The number of rotatable bonds is 6. The van der Waals surface area contributed by atoms with Crippen LogP contribution in [-0.2, 0) is 16.0 Å². The Morgan fingerprint density at radius 3 is 2.66 bits per heavy atom. The molecule has 1 saturated carbocycles. The first-order chi connectivity index (χ1) is 19.6. The Kier molecular flexibility index (Phi) is 6.04. The summed E-state index contributed by atoms with van der Waals surface area (Å²) in [5.41, 5.74) is 3.10. The van der Waals surface area contributed by atoms with E-state index in [1.165, 1.54) is 16.0 Å². The number of nitrogens with one attached hydrogen (secondary N) is 1. The van der Waals surface area contributed by atoms with Crippen LogP contribution >= 0.6 is 0 Å². The monoisotopic (exact) mass is 561 g/mol. The number of amides is 3. The van der Waals surface area contributed by atoms with Gasteiger partial charge in [-0.2, -0.15) is 5.10 Å². The van der Waals surface area contributed by atoms with Crippen LogP contribution in [0.15, 0.2) is 42.7 Å². The van der Waals surface area contributed by atoms with Gasteiger partial charge >= 0.3 is 0 Å². The summed E-state index contributed by atoms with van der Waals surface area (Å²) in [6.45, 7) is 3.32. The molecule has 3 aromatic rings. The topological polar surface area (TPSA) is 87.5 Å². The van der Waals surface area contributed by atoms with Crippen LogP contribution in [0.2, 0.25) is 0 Å². The number of halogens is 2. The summed E-state index contributed by atoms with van der Waals surface area (Å²) in [6, 6.07) is 7.55. The number of piperidine rings is 2. The van der Waals surface area contributed by atoms with Crippen LogP contribution in [0.4, 0.5) is 14.5 Å². The number of hydrogen-bond donors (Lipinski definition) is 1. The average Bonchev–Trinajstić information content (AvgIpc) is 3.47. The van der Waals surface area contributed by atoms with Crippen LogP contribution in [0.25, 0.3) is 10.8 Å². The first-order valence-corrected chi connectivity index (χ1v) is 14.5. The number of nitrogens with zero attached hydrogens (tertiary/aromatic N) is 4. The van der Waals surface area contributed by atoms with E-state index in [9.17, 15) is 14.4 Å². The summed E-state index contributed by atoms with van der Waals surface area (Å²) in [5.74, 6) is -3.93. The summed E-state index contributed by atoms with van der Waals surface area (Å²) in [5, 5.41) is 8.36. The fourth-order valence-electron chi connectivity index (χ4n) is 7.26. The molecule has 2 unspecified atom stereocenters. The SMILES string of the molecule is CC1(CN2CCC(n3cc(Cc4ccc5c6c(cccc46)C(=O)N5C4CCC(=O)NC4=O)cn3)C(F)(F)C2)CCC1. The Morgan fingerprint density at radius 1 is 1.10 bits per heavy atom. The molecule has 2 aromatic carbocycles. The van der Waals surface area contributed by atoms with E-state index in [0.717, 1.165) is 41.3 Å². The molecule has 3 aliphatic heterocycles. The van der Waals surface area contributed by atoms with Gasteiger partial charge in [-0.25, -0.2) is 8.78 Å². The highest BCUT2D eigenvalue weighted by atomic mass is 19.3. The number of carbonyl (C=O) groups is 3. The van der Waals surface area contributed by atoms with Crippen LogP contribution in [0, 0.1) is 5.41 Å². The molecule has 4 aliphatic rings. The lowest BCUT2D eigenvalue weighted by molar-refractivity contribution is -0.134. The minimum Gasteiger partial charge on any atom is -0.297 e. The van der Waals surface area contributed by atoms with E-state index in [0.29, 0.717) is 30.6 Å². The van der Waals surface area contributed by atoms with Crippen molar-refractivity contribution in [2.24, 2.45) is 5.41 Å². The Balaban J connectivity index is 1.12. The fourth-order valence-corrected chi connectivity index (χ4v) is 7.26. The number of likely N-dealkylation sites (tertiary alicyclic amines) is 1. The van der Waals surface area contributed by atoms with Crippen molar-refractivity contribution in [1.29, 1.82) is 0 Å². The molecule has 10 heteroatoms. The second kappa shape index (κ2) is 9.44. The van der Waals surface area contributed by atoms with E-state index in [-0.39, 0.29) is 36.6 Å². The summed E-state index contributed by atoms with van der Waals surface area (Å²) in [4.78, 5) is 41.1. The molecule has 4 heterocycles. The van der Waals surface area contributed by atoms with Gasteiger partial charge in [-0.15, -0.1) is 0 Å². The first-order valence-electron chi connectivity index (χ1n) is 14.5. The summed E-state index contributed by atoms with van der Waals surface area (Å²) < 4.78 is 32.1. The first kappa shape index (κ1) is 26.3. The largest absolute Gasteiger partial charge is 0.297 e. The summed E-state index contributed by atoms with van der Waals surface area (Å²) in [7, 11) is 0. The standard InChI is InChI=1S/C31H33F2N5O3/c1-30(11-3-12-30)17-36-13-10-25(31(32,33)18-36)37-16-19(15-34-37)14-20-6-7-23-27-21(20)4-2-5-22(27)29(41)38(23)24-8-9-26(39)35-28(24)40/h2,4-7,15-16,24-25H,3,8-14,17-18H2,1H3,(H,35,39,40). The molecule has 7 rings (SSSR count). The van der Waals surface area contributed by atoms with Gasteiger partial charge in [-0.1, -0.05) is 31.5 Å². The van der Waals surface area contributed by atoms with Gasteiger partial charge in [-0.3, -0.25) is 34.2 Å². The zero-order valence-corrected chi connectivity index (χ0v) is 23.0. The number of benzene rings is 2. The highest BCUT2D eigenvalue weighted by molar-refractivity contribution is 6.27. The number of anilines is 1. The van der Waals surface area contributed by atoms with Crippen molar-refractivity contribution < 1.29 is 23.2 Å². The van der Waals surface area contributed by atoms with Crippen LogP contribution in [0.1, 0.15) is 73.0 Å². The van der Waals surface area contributed by atoms with E-state index >= 15 is 8.78 Å². The van der Waals surface area contributed by atoms with Crippen molar-refractivity contribution in [3.8, 4) is 0 Å². The maximum atomic E-state index is 15.3. The molecule has 3 fully saturated rings. The van der Waals surface area contributed by atoms with Gasteiger partial charge in [0.25, 0.3) is 11.8 Å². The molecule has 0 radical (unpaired) electrons. The molecule has 41 heavy (non-hydrogen) atoms. The molecule has 1 aliphatic carbocycles. The second-order valence-electron chi connectivity index (χ2n) is 12.6. The highest BCUT2D eigenvalue weighted by Gasteiger charge is 2.48. The van der Waals surface area contributed by atoms with Crippen molar-refractivity contribution in [1.82, 2.24) is 20.0 Å². The van der Waals surface area contributed by atoms with E-state index in [2.05, 4.69) is 17.3 Å². The molecule has 2 atom stereocenters. The Labute approximate surface area is 236 Å². The minimum atomic E-state index is -2.87. The van der Waals surface area contributed by atoms with Gasteiger partial charge in [0.1, 0.15) is 12.1 Å². The average molecular weight is 562 g/mol. The summed E-state index contributed by atoms with van der Waals surface area (Å²) >= 11 is 0. The van der Waals surface area contributed by atoms with Gasteiger partial charge in [-0.05, 0) is 59.7 Å². The van der Waals surface area contributed by atoms with Gasteiger partial charge in [0.2, 0.25) is 11.8 Å². The van der Waals surface area contributed by atoms with Crippen LogP contribution < -0.4 is 10.2 Å². The lowest BCUT2D eigenvalue weighted by Gasteiger charge is -2.46. The number of alkyl halides is 2. The fraction of sp³-hybridized carbons (Fsp3) is 0.484. The van der Waals surface area contributed by atoms with Crippen molar-refractivity contribution in [3.63, 3.8) is 0 Å². The molecule has 8 nitrogen and oxygen atoms in total. The molecule has 1 aromatic heterocycles. The maximum absolute atomic E-state index is 15.3. The Hall–Kier alpha value is -3.66. The molecule has 0 bridgehead atoms. The Morgan fingerprint density at radius 2 is 1.93 bits per heavy atom. The predicted octanol–water partition coefficient (Wildman–Crippen LogP) is 4.46. The number of carbonyl (C=O) groups excluding carboxylic acids is 3. The van der Waals surface area contributed by atoms with Crippen LogP contribution in [-0.4, -0.2) is 64.0 Å². The van der Waals surface area contributed by atoms with E-state index in [1.54, 1.807) is 18.5 Å². The maximum Gasteiger partial charge on any atom is 0.282 e. The molecule has 214 valence electrons. The van der Waals surface area contributed by atoms with Crippen molar-refractivity contribution in [2.75, 3.05) is 24.5 Å². The lowest BCUT2D eigenvalue weighted by Crippen LogP contribution is -2.53. The van der Waals surface area contributed by atoms with Crippen molar-refractivity contribution >= 4 is 34.2 Å². The van der Waals surface area contributed by atoms with E-state index < -0.39 is 23.9 Å². The van der Waals surface area contributed by atoms with E-state index in [4.69, 9.17) is 0 Å². The third kappa shape index (κ3) is 4.43. The molecule has 3 amide bonds. The van der Waals surface area contributed by atoms with Gasteiger partial charge in [0.15, 0.2) is 0 Å². The zero-order valence-electron chi connectivity index (χ0n) is 23.0. The van der Waals surface area contributed by atoms with Crippen molar-refractivity contribution in [3.05, 3.63) is 59.4 Å². The van der Waals surface area contributed by atoms with Crippen LogP contribution in [0.3, 0.4) is 0 Å². The third-order valence-electron chi connectivity index (χ3n) is 9.52. The molecular weight excluding hydrogens is 528 g/mol. The van der Waals surface area contributed by atoms with Crippen LogP contribution in [0.5, 0.6) is 0 Å². The smallest absolute Gasteiger partial charge is 0.282 e. The quantitative estimate of drug-likeness (QED) is 0.449. The van der Waals surface area contributed by atoms with Gasteiger partial charge < -0.3 is 0 Å². The lowest BCUT2D eigenvalue weighted by atomic mass is 9.70. The van der Waals surface area contributed by atoms with E-state index in [1.807, 2.05) is 29.2 Å². The second-order valence-corrected chi connectivity index (χ2v) is 12.6. The van der Waals surface area contributed by atoms with Gasteiger partial charge in [0.05, 0.1) is 18.4 Å². The normalized spacial score (nSPS) is 25.4. The third-order valence-corrected chi connectivity index (χ3v) is 9.52. The highest BCUT2D eigenvalue weighted by Crippen LogP contribution is 2.44. The minimum absolute atomic E-state index is 0.172. The number of aromatic nitrogens is 2. The van der Waals surface area contributed by atoms with Gasteiger partial charge in [0, 0.05) is 43.1 Å². The zero-order chi connectivity index (χ0) is 28.5. The summed E-state index contributed by atoms with van der Waals surface area (Å²) in [6.07, 6.45) is 8.07. The number of hydrogen-bond acceptors (Lipinski definition) is 5. The predicted molar refractivity (Wildman–Crippen MR) is 149 cm³/mol.